The van der Waals surface area contributed by atoms with Gasteiger partial charge in [-0.1, -0.05) is 37.3 Å². The molecule has 0 saturated carbocycles. The number of ether oxygens (including phenoxy) is 1. The predicted molar refractivity (Wildman–Crippen MR) is 115 cm³/mol. The second kappa shape index (κ2) is 9.41. The Kier molecular flexibility index (Phi) is 6.47. The largest absolute Gasteiger partial charge is 0.457 e. The summed E-state index contributed by atoms with van der Waals surface area (Å²) in [6.07, 6.45) is 0.949. The van der Waals surface area contributed by atoms with Gasteiger partial charge in [-0.15, -0.1) is 0 Å². The van der Waals surface area contributed by atoms with Gasteiger partial charge in [0.15, 0.2) is 0 Å². The second-order valence-corrected chi connectivity index (χ2v) is 6.91. The van der Waals surface area contributed by atoms with Crippen molar-refractivity contribution in [1.29, 1.82) is 10.5 Å². The number of amides is 1. The Morgan fingerprint density at radius 2 is 1.70 bits per heavy atom. The minimum atomic E-state index is -0.113. The molecule has 0 unspecified atom stereocenters. The van der Waals surface area contributed by atoms with Crippen molar-refractivity contribution < 1.29 is 9.53 Å². The van der Waals surface area contributed by atoms with Gasteiger partial charge in [0.25, 0.3) is 0 Å². The zero-order chi connectivity index (χ0) is 21.5. The lowest BCUT2D eigenvalue weighted by Gasteiger charge is -2.13. The first-order valence-electron chi connectivity index (χ1n) is 9.62. The van der Waals surface area contributed by atoms with E-state index in [9.17, 15) is 15.3 Å². The lowest BCUT2D eigenvalue weighted by molar-refractivity contribution is -0.115. The molecule has 1 N–H and O–H groups in total. The molecule has 0 bridgehead atoms. The van der Waals surface area contributed by atoms with Crippen LogP contribution >= 0.6 is 0 Å². The molecule has 0 aromatic heterocycles. The van der Waals surface area contributed by atoms with Gasteiger partial charge >= 0.3 is 0 Å². The van der Waals surface area contributed by atoms with Gasteiger partial charge in [-0.25, -0.2) is 0 Å². The Hall–Kier alpha value is -4.09. The number of carbonyl (C=O) groups excluding carboxylic acids is 1. The minimum Gasteiger partial charge on any atom is -0.457 e. The highest BCUT2D eigenvalue weighted by Crippen LogP contribution is 2.29. The number of nitrogens with zero attached hydrogens (tertiary/aromatic N) is 2. The van der Waals surface area contributed by atoms with E-state index in [0.29, 0.717) is 22.6 Å². The maximum Gasteiger partial charge on any atom is 0.228 e. The van der Waals surface area contributed by atoms with Crippen molar-refractivity contribution in [1.82, 2.24) is 0 Å². The molecule has 3 aromatic rings. The van der Waals surface area contributed by atoms with Gasteiger partial charge in [-0.2, -0.15) is 10.5 Å². The Balaban J connectivity index is 1.82. The number of rotatable bonds is 6. The summed E-state index contributed by atoms with van der Waals surface area (Å²) in [4.78, 5) is 12.5. The third-order valence-corrected chi connectivity index (χ3v) is 4.69. The van der Waals surface area contributed by atoms with Gasteiger partial charge in [0, 0.05) is 5.69 Å². The van der Waals surface area contributed by atoms with Crippen LogP contribution in [0, 0.1) is 29.6 Å². The van der Waals surface area contributed by atoms with Gasteiger partial charge in [0.2, 0.25) is 5.91 Å². The van der Waals surface area contributed by atoms with Crippen LogP contribution in [0.4, 0.5) is 5.69 Å². The smallest absolute Gasteiger partial charge is 0.228 e. The maximum absolute atomic E-state index is 12.5. The van der Waals surface area contributed by atoms with Gasteiger partial charge in [-0.05, 0) is 60.4 Å². The fourth-order valence-corrected chi connectivity index (χ4v) is 3.10. The number of carbonyl (C=O) groups is 1. The van der Waals surface area contributed by atoms with E-state index in [0.717, 1.165) is 28.8 Å². The fraction of sp³-hybridized carbons (Fsp3) is 0.160. The third-order valence-electron chi connectivity index (χ3n) is 4.69. The quantitative estimate of drug-likeness (QED) is 0.616. The van der Waals surface area contributed by atoms with Crippen LogP contribution in [0.1, 0.15) is 34.7 Å². The number of hydrogen-bond donors (Lipinski definition) is 1. The molecule has 0 aliphatic rings. The van der Waals surface area contributed by atoms with E-state index in [1.807, 2.05) is 68.5 Å². The minimum absolute atomic E-state index is 0.113. The van der Waals surface area contributed by atoms with E-state index in [2.05, 4.69) is 5.32 Å². The highest BCUT2D eigenvalue weighted by Gasteiger charge is 2.11. The molecule has 0 saturated heterocycles. The number of para-hydroxylation sites is 1. The van der Waals surface area contributed by atoms with E-state index in [-0.39, 0.29) is 12.3 Å². The number of nitriles is 2. The van der Waals surface area contributed by atoms with Gasteiger partial charge in [0.05, 0.1) is 29.7 Å². The number of anilines is 1. The molecule has 0 heterocycles. The molecule has 0 fully saturated rings. The van der Waals surface area contributed by atoms with Crippen LogP contribution in [-0.4, -0.2) is 5.91 Å². The molecule has 1 amide bonds. The summed E-state index contributed by atoms with van der Waals surface area (Å²) < 4.78 is 6.01. The molecule has 5 heteroatoms. The van der Waals surface area contributed by atoms with Crippen molar-refractivity contribution in [2.24, 2.45) is 0 Å². The predicted octanol–water partition coefficient (Wildman–Crippen LogP) is 5.27. The third kappa shape index (κ3) is 5.04. The standard InChI is InChI=1S/C25H21N3O2/c1-3-21-9-8-18(14-25(29)28-23-7-5-4-6-17(23)2)13-24(21)30-22-11-19(15-26)10-20(12-22)16-27/h4-13H,3,14H2,1-2H3,(H,28,29). The maximum atomic E-state index is 12.5. The molecule has 0 radical (unpaired) electrons. The molecular weight excluding hydrogens is 374 g/mol. The molecule has 0 atom stereocenters. The lowest BCUT2D eigenvalue weighted by atomic mass is 10.1. The molecule has 30 heavy (non-hydrogen) atoms. The van der Waals surface area contributed by atoms with E-state index in [1.165, 1.54) is 6.07 Å². The number of nitrogens with one attached hydrogen (secondary N) is 1. The summed E-state index contributed by atoms with van der Waals surface area (Å²) >= 11 is 0. The average Bonchev–Trinajstić information content (AvgIpc) is 2.75. The van der Waals surface area contributed by atoms with E-state index in [4.69, 9.17) is 4.74 Å². The van der Waals surface area contributed by atoms with Crippen molar-refractivity contribution in [2.45, 2.75) is 26.7 Å². The first kappa shape index (κ1) is 20.6. The highest BCUT2D eigenvalue weighted by atomic mass is 16.5. The first-order valence-corrected chi connectivity index (χ1v) is 9.62. The Morgan fingerprint density at radius 3 is 2.33 bits per heavy atom. The normalized spacial score (nSPS) is 10.0. The second-order valence-electron chi connectivity index (χ2n) is 6.91. The molecule has 0 aliphatic carbocycles. The van der Waals surface area contributed by atoms with Crippen molar-refractivity contribution >= 4 is 11.6 Å². The Labute approximate surface area is 176 Å². The topological polar surface area (TPSA) is 85.9 Å². The Bertz CT molecular complexity index is 1140. The van der Waals surface area contributed by atoms with Crippen LogP contribution in [0.3, 0.4) is 0 Å². The lowest BCUT2D eigenvalue weighted by Crippen LogP contribution is -2.15. The van der Waals surface area contributed by atoms with Gasteiger partial charge < -0.3 is 10.1 Å². The summed E-state index contributed by atoms with van der Waals surface area (Å²) in [6, 6.07) is 22.1. The molecule has 5 nitrogen and oxygen atoms in total. The summed E-state index contributed by atoms with van der Waals surface area (Å²) in [5.41, 5.74) is 4.29. The van der Waals surface area contributed by atoms with E-state index >= 15 is 0 Å². The van der Waals surface area contributed by atoms with Crippen LogP contribution < -0.4 is 10.1 Å². The van der Waals surface area contributed by atoms with Crippen LogP contribution in [0.25, 0.3) is 0 Å². The summed E-state index contributed by atoms with van der Waals surface area (Å²) in [7, 11) is 0. The zero-order valence-electron chi connectivity index (χ0n) is 16.9. The number of benzene rings is 3. The van der Waals surface area contributed by atoms with E-state index < -0.39 is 0 Å². The van der Waals surface area contributed by atoms with Crippen LogP contribution in [0.5, 0.6) is 11.5 Å². The zero-order valence-corrected chi connectivity index (χ0v) is 16.9. The van der Waals surface area contributed by atoms with Crippen LogP contribution in [0.15, 0.2) is 60.7 Å². The molecular formula is C25H21N3O2. The summed E-state index contributed by atoms with van der Waals surface area (Å²) in [5, 5.41) is 21.3. The molecule has 3 rings (SSSR count). The summed E-state index contributed by atoms with van der Waals surface area (Å²) in [6.45, 7) is 3.96. The molecule has 148 valence electrons. The summed E-state index contributed by atoms with van der Waals surface area (Å²) in [5.74, 6) is 0.914. The number of aryl methyl sites for hydroxylation is 2. The Morgan fingerprint density at radius 1 is 1.00 bits per heavy atom. The number of hydrogen-bond acceptors (Lipinski definition) is 4. The first-order chi connectivity index (χ1) is 14.5. The molecule has 3 aromatic carbocycles. The van der Waals surface area contributed by atoms with Crippen LogP contribution in [-0.2, 0) is 17.6 Å². The van der Waals surface area contributed by atoms with Gasteiger partial charge in [-0.3, -0.25) is 4.79 Å². The van der Waals surface area contributed by atoms with Gasteiger partial charge in [0.1, 0.15) is 11.5 Å². The van der Waals surface area contributed by atoms with Crippen LogP contribution in [0.2, 0.25) is 0 Å². The highest BCUT2D eigenvalue weighted by molar-refractivity contribution is 5.93. The molecule has 0 aliphatic heterocycles. The monoisotopic (exact) mass is 395 g/mol. The van der Waals surface area contributed by atoms with Crippen molar-refractivity contribution in [3.8, 4) is 23.6 Å². The van der Waals surface area contributed by atoms with Crippen molar-refractivity contribution in [2.75, 3.05) is 5.32 Å². The average molecular weight is 395 g/mol. The fourth-order valence-electron chi connectivity index (χ4n) is 3.10. The SMILES string of the molecule is CCc1ccc(CC(=O)Nc2ccccc2C)cc1Oc1cc(C#N)cc(C#N)c1. The molecule has 0 spiro atoms. The van der Waals surface area contributed by atoms with E-state index in [1.54, 1.807) is 12.1 Å². The van der Waals surface area contributed by atoms with Crippen molar-refractivity contribution in [3.05, 3.63) is 88.5 Å². The van der Waals surface area contributed by atoms with Crippen molar-refractivity contribution in [3.63, 3.8) is 0 Å².